The van der Waals surface area contributed by atoms with Crippen molar-refractivity contribution in [3.8, 4) is 0 Å². The van der Waals surface area contributed by atoms with Crippen molar-refractivity contribution in [1.29, 1.82) is 0 Å². The van der Waals surface area contributed by atoms with Gasteiger partial charge in [-0.25, -0.2) is 4.79 Å². The van der Waals surface area contributed by atoms with Gasteiger partial charge in [-0.1, -0.05) is 20.8 Å². The highest BCUT2D eigenvalue weighted by molar-refractivity contribution is 5.97. The van der Waals surface area contributed by atoms with Crippen LogP contribution < -0.4 is 4.90 Å². The zero-order valence-corrected chi connectivity index (χ0v) is 10.7. The normalized spacial score (nSPS) is 16.5. The Balaban J connectivity index is 2.54. The lowest BCUT2D eigenvalue weighted by molar-refractivity contribution is 0.0983. The van der Waals surface area contributed by atoms with Gasteiger partial charge in [-0.3, -0.25) is 14.7 Å². The highest BCUT2D eigenvalue weighted by Crippen LogP contribution is 2.40. The van der Waals surface area contributed by atoms with Crippen LogP contribution in [0.15, 0.2) is 12.3 Å². The SMILES string of the molecule is CCC(=O)c1cc2c(cn1)C(C)(C)CN2C(=O)O. The van der Waals surface area contributed by atoms with Crippen molar-refractivity contribution in [3.05, 3.63) is 23.5 Å². The quantitative estimate of drug-likeness (QED) is 0.816. The molecule has 1 aliphatic rings. The number of ketones is 1. The summed E-state index contributed by atoms with van der Waals surface area (Å²) in [6.45, 7) is 6.09. The van der Waals surface area contributed by atoms with Crippen LogP contribution in [0.1, 0.15) is 43.2 Å². The number of nitrogens with zero attached hydrogens (tertiary/aromatic N) is 2. The number of hydrogen-bond donors (Lipinski definition) is 1. The molecule has 0 bridgehead atoms. The fourth-order valence-corrected chi connectivity index (χ4v) is 2.26. The Morgan fingerprint density at radius 1 is 1.50 bits per heavy atom. The molecule has 0 atom stereocenters. The van der Waals surface area contributed by atoms with E-state index >= 15 is 0 Å². The first kappa shape index (κ1) is 12.5. The number of fused-ring (bicyclic) bond motifs is 1. The number of hydrogen-bond acceptors (Lipinski definition) is 3. The van der Waals surface area contributed by atoms with E-state index in [4.69, 9.17) is 0 Å². The summed E-state index contributed by atoms with van der Waals surface area (Å²) in [5, 5.41) is 9.20. The van der Waals surface area contributed by atoms with E-state index in [9.17, 15) is 14.7 Å². The van der Waals surface area contributed by atoms with Gasteiger partial charge in [0.1, 0.15) is 5.69 Å². The van der Waals surface area contributed by atoms with Crippen LogP contribution in [-0.4, -0.2) is 28.5 Å². The molecule has 0 radical (unpaired) electrons. The lowest BCUT2D eigenvalue weighted by Gasteiger charge is -2.18. The molecule has 1 aliphatic heterocycles. The van der Waals surface area contributed by atoms with Gasteiger partial charge in [0.05, 0.1) is 5.69 Å². The van der Waals surface area contributed by atoms with E-state index in [1.807, 2.05) is 13.8 Å². The summed E-state index contributed by atoms with van der Waals surface area (Å²) < 4.78 is 0. The molecule has 1 aromatic heterocycles. The first-order valence-corrected chi connectivity index (χ1v) is 5.91. The van der Waals surface area contributed by atoms with Crippen molar-refractivity contribution in [3.63, 3.8) is 0 Å². The molecule has 0 fully saturated rings. The molecular weight excluding hydrogens is 232 g/mol. The Hall–Kier alpha value is -1.91. The predicted octanol–water partition coefficient (Wildman–Crippen LogP) is 2.45. The molecule has 1 N–H and O–H groups in total. The second kappa shape index (κ2) is 4.08. The Labute approximate surface area is 105 Å². The Morgan fingerprint density at radius 3 is 2.72 bits per heavy atom. The third-order valence-electron chi connectivity index (χ3n) is 3.29. The molecule has 18 heavy (non-hydrogen) atoms. The molecule has 0 saturated carbocycles. The highest BCUT2D eigenvalue weighted by Gasteiger charge is 2.38. The second-order valence-corrected chi connectivity index (χ2v) is 5.12. The summed E-state index contributed by atoms with van der Waals surface area (Å²) in [5.74, 6) is -0.0761. The smallest absolute Gasteiger partial charge is 0.411 e. The Kier molecular flexibility index (Phi) is 2.84. The van der Waals surface area contributed by atoms with E-state index in [-0.39, 0.29) is 11.2 Å². The van der Waals surface area contributed by atoms with E-state index in [0.717, 1.165) is 5.56 Å². The van der Waals surface area contributed by atoms with Crippen molar-refractivity contribution in [2.24, 2.45) is 0 Å². The molecule has 0 saturated heterocycles. The molecule has 0 aliphatic carbocycles. The third-order valence-corrected chi connectivity index (χ3v) is 3.29. The molecule has 0 aromatic carbocycles. The number of anilines is 1. The lowest BCUT2D eigenvalue weighted by Crippen LogP contribution is -2.32. The molecule has 1 aromatic rings. The van der Waals surface area contributed by atoms with E-state index in [1.165, 1.54) is 4.90 Å². The summed E-state index contributed by atoms with van der Waals surface area (Å²) in [6, 6.07) is 1.59. The van der Waals surface area contributed by atoms with Crippen molar-refractivity contribution in [1.82, 2.24) is 4.98 Å². The van der Waals surface area contributed by atoms with E-state index < -0.39 is 6.09 Å². The van der Waals surface area contributed by atoms with Crippen LogP contribution in [0.5, 0.6) is 0 Å². The Bertz CT molecular complexity index is 523. The average molecular weight is 248 g/mol. The van der Waals surface area contributed by atoms with Crippen LogP contribution in [-0.2, 0) is 5.41 Å². The van der Waals surface area contributed by atoms with Gasteiger partial charge in [0.25, 0.3) is 0 Å². The van der Waals surface area contributed by atoms with E-state index in [2.05, 4.69) is 4.98 Å². The van der Waals surface area contributed by atoms with Crippen molar-refractivity contribution >= 4 is 17.6 Å². The minimum absolute atomic E-state index is 0.0761. The van der Waals surface area contributed by atoms with E-state index in [0.29, 0.717) is 24.3 Å². The maximum absolute atomic E-state index is 11.6. The number of aromatic nitrogens is 1. The molecule has 5 nitrogen and oxygen atoms in total. The number of amides is 1. The van der Waals surface area contributed by atoms with Crippen molar-refractivity contribution in [2.45, 2.75) is 32.6 Å². The predicted molar refractivity (Wildman–Crippen MR) is 67.3 cm³/mol. The van der Waals surface area contributed by atoms with Gasteiger partial charge in [-0.2, -0.15) is 0 Å². The van der Waals surface area contributed by atoms with Crippen LogP contribution in [0.3, 0.4) is 0 Å². The second-order valence-electron chi connectivity index (χ2n) is 5.12. The summed E-state index contributed by atoms with van der Waals surface area (Å²) in [5.41, 5.74) is 1.52. The van der Waals surface area contributed by atoms with Crippen LogP contribution in [0.4, 0.5) is 10.5 Å². The average Bonchev–Trinajstić information content (AvgIpc) is 2.60. The molecule has 0 spiro atoms. The largest absolute Gasteiger partial charge is 0.465 e. The number of rotatable bonds is 2. The minimum atomic E-state index is -0.997. The first-order valence-electron chi connectivity index (χ1n) is 5.91. The van der Waals surface area contributed by atoms with Gasteiger partial charge >= 0.3 is 6.09 Å². The molecule has 96 valence electrons. The molecule has 0 unspecified atom stereocenters. The van der Waals surface area contributed by atoms with Gasteiger partial charge in [0, 0.05) is 30.1 Å². The number of Topliss-reactive ketones (excluding diaryl/α,β-unsaturated/α-hetero) is 1. The van der Waals surface area contributed by atoms with Gasteiger partial charge in [-0.05, 0) is 6.07 Å². The maximum atomic E-state index is 11.6. The lowest BCUT2D eigenvalue weighted by atomic mass is 9.88. The Morgan fingerprint density at radius 2 is 2.17 bits per heavy atom. The van der Waals surface area contributed by atoms with E-state index in [1.54, 1.807) is 19.2 Å². The molecule has 2 rings (SSSR count). The fourth-order valence-electron chi connectivity index (χ4n) is 2.26. The van der Waals surface area contributed by atoms with Crippen LogP contribution in [0.2, 0.25) is 0 Å². The zero-order chi connectivity index (χ0) is 13.5. The molecular formula is C13H16N2O3. The van der Waals surface area contributed by atoms with Gasteiger partial charge in [0.2, 0.25) is 0 Å². The fraction of sp³-hybridized carbons (Fsp3) is 0.462. The number of carbonyl (C=O) groups is 2. The van der Waals surface area contributed by atoms with Crippen LogP contribution >= 0.6 is 0 Å². The summed E-state index contributed by atoms with van der Waals surface area (Å²) in [6.07, 6.45) is 0.992. The molecule has 5 heteroatoms. The summed E-state index contributed by atoms with van der Waals surface area (Å²) >= 11 is 0. The number of carbonyl (C=O) groups excluding carboxylic acids is 1. The topological polar surface area (TPSA) is 70.5 Å². The highest BCUT2D eigenvalue weighted by atomic mass is 16.4. The first-order chi connectivity index (χ1) is 8.36. The van der Waals surface area contributed by atoms with Crippen LogP contribution in [0.25, 0.3) is 0 Å². The zero-order valence-electron chi connectivity index (χ0n) is 10.7. The van der Waals surface area contributed by atoms with Crippen molar-refractivity contribution in [2.75, 3.05) is 11.4 Å². The van der Waals surface area contributed by atoms with Crippen LogP contribution in [0, 0.1) is 0 Å². The summed E-state index contributed by atoms with van der Waals surface area (Å²) in [4.78, 5) is 28.3. The molecule has 1 amide bonds. The van der Waals surface area contributed by atoms with Crippen molar-refractivity contribution < 1.29 is 14.7 Å². The summed E-state index contributed by atoms with van der Waals surface area (Å²) in [7, 11) is 0. The van der Waals surface area contributed by atoms with Gasteiger partial charge in [0.15, 0.2) is 5.78 Å². The third kappa shape index (κ3) is 1.85. The minimum Gasteiger partial charge on any atom is -0.465 e. The number of pyridine rings is 1. The number of carboxylic acid groups (broad SMARTS) is 1. The standard InChI is InChI=1S/C13H16N2O3/c1-4-11(16)9-5-10-8(6-14-9)13(2,3)7-15(10)12(17)18/h5-6H,4,7H2,1-3H3,(H,17,18). The van der Waals surface area contributed by atoms with Gasteiger partial charge in [-0.15, -0.1) is 0 Å². The molecule has 2 heterocycles. The van der Waals surface area contributed by atoms with Gasteiger partial charge < -0.3 is 5.11 Å². The monoisotopic (exact) mass is 248 g/mol. The maximum Gasteiger partial charge on any atom is 0.411 e.